The van der Waals surface area contributed by atoms with E-state index >= 15 is 0 Å². The fraction of sp³-hybridized carbons (Fsp3) is 0.538. The molecule has 0 atom stereocenters. The Balaban J connectivity index is 1.82. The number of benzene rings is 1. The van der Waals surface area contributed by atoms with Crippen molar-refractivity contribution >= 4 is 12.6 Å². The molecule has 1 aromatic rings. The lowest BCUT2D eigenvalue weighted by atomic mass is 9.80. The van der Waals surface area contributed by atoms with Gasteiger partial charge in [0.15, 0.2) is 0 Å². The van der Waals surface area contributed by atoms with E-state index in [9.17, 15) is 4.39 Å². The molecule has 0 radical (unpaired) electrons. The van der Waals surface area contributed by atoms with E-state index in [0.717, 1.165) is 38.8 Å². The second kappa shape index (κ2) is 7.03. The fourth-order valence-electron chi connectivity index (χ4n) is 2.18. The average Bonchev–Trinajstić information content (AvgIpc) is 2.40. The van der Waals surface area contributed by atoms with Crippen molar-refractivity contribution in [1.82, 2.24) is 9.80 Å². The van der Waals surface area contributed by atoms with E-state index < -0.39 is 12.9 Å². The predicted molar refractivity (Wildman–Crippen MR) is 75.7 cm³/mol. The number of hydrogen-bond acceptors (Lipinski definition) is 5. The normalized spacial score (nSPS) is 17.2. The van der Waals surface area contributed by atoms with Crippen LogP contribution in [0.5, 0.6) is 5.75 Å². The summed E-state index contributed by atoms with van der Waals surface area (Å²) in [7, 11) is 0.410. The molecule has 0 saturated carbocycles. The van der Waals surface area contributed by atoms with Gasteiger partial charge in [0, 0.05) is 38.8 Å². The van der Waals surface area contributed by atoms with Crippen LogP contribution in [0, 0.1) is 5.82 Å². The first-order chi connectivity index (χ1) is 9.54. The van der Waals surface area contributed by atoms with Crippen LogP contribution in [0.25, 0.3) is 0 Å². The van der Waals surface area contributed by atoms with E-state index in [-0.39, 0.29) is 5.46 Å². The molecule has 1 saturated heterocycles. The lowest BCUT2D eigenvalue weighted by Crippen LogP contribution is -2.45. The summed E-state index contributed by atoms with van der Waals surface area (Å²) in [6.45, 7) is 5.32. The van der Waals surface area contributed by atoms with Crippen molar-refractivity contribution in [3.63, 3.8) is 0 Å². The summed E-state index contributed by atoms with van der Waals surface area (Å²) < 4.78 is 18.8. The first-order valence-corrected chi connectivity index (χ1v) is 6.75. The van der Waals surface area contributed by atoms with E-state index in [4.69, 9.17) is 14.8 Å². The maximum Gasteiger partial charge on any atom is 0.488 e. The van der Waals surface area contributed by atoms with Gasteiger partial charge < -0.3 is 19.7 Å². The van der Waals surface area contributed by atoms with Crippen LogP contribution in [0.4, 0.5) is 4.39 Å². The van der Waals surface area contributed by atoms with Gasteiger partial charge in [-0.05, 0) is 24.6 Å². The van der Waals surface area contributed by atoms with E-state index in [0.29, 0.717) is 12.4 Å². The summed E-state index contributed by atoms with van der Waals surface area (Å²) in [6, 6.07) is 3.77. The van der Waals surface area contributed by atoms with Crippen molar-refractivity contribution in [3.05, 3.63) is 24.0 Å². The van der Waals surface area contributed by atoms with Crippen LogP contribution < -0.4 is 10.2 Å². The van der Waals surface area contributed by atoms with Gasteiger partial charge in [-0.15, -0.1) is 0 Å². The highest BCUT2D eigenvalue weighted by molar-refractivity contribution is 6.58. The Morgan fingerprint density at radius 2 is 1.90 bits per heavy atom. The molecule has 0 bridgehead atoms. The van der Waals surface area contributed by atoms with E-state index in [1.54, 1.807) is 0 Å². The minimum absolute atomic E-state index is 0.0968. The van der Waals surface area contributed by atoms with Crippen molar-refractivity contribution < 1.29 is 19.2 Å². The van der Waals surface area contributed by atoms with E-state index in [1.165, 1.54) is 12.1 Å². The Morgan fingerprint density at radius 3 is 2.55 bits per heavy atom. The van der Waals surface area contributed by atoms with Gasteiger partial charge in [-0.2, -0.15) is 0 Å². The van der Waals surface area contributed by atoms with Gasteiger partial charge in [0.2, 0.25) is 0 Å². The van der Waals surface area contributed by atoms with Crippen LogP contribution in [0.1, 0.15) is 0 Å². The van der Waals surface area contributed by atoms with Crippen molar-refractivity contribution in [2.45, 2.75) is 0 Å². The topological polar surface area (TPSA) is 56.2 Å². The zero-order valence-corrected chi connectivity index (χ0v) is 11.6. The molecular formula is C13H20BFN2O3. The SMILES string of the molecule is CN1CCN(CCOc2cc(F)cc(B(O)O)c2)CC1. The minimum atomic E-state index is -1.69. The smallest absolute Gasteiger partial charge is 0.488 e. The molecule has 1 heterocycles. The van der Waals surface area contributed by atoms with Crippen LogP contribution >= 0.6 is 0 Å². The van der Waals surface area contributed by atoms with Crippen LogP contribution in [-0.4, -0.2) is 73.3 Å². The monoisotopic (exact) mass is 282 g/mol. The zero-order chi connectivity index (χ0) is 14.5. The third-order valence-corrected chi connectivity index (χ3v) is 3.46. The molecule has 1 aromatic carbocycles. The quantitative estimate of drug-likeness (QED) is 0.688. The molecule has 0 aromatic heterocycles. The molecule has 0 amide bonds. The number of hydrogen-bond donors (Lipinski definition) is 2. The molecule has 1 fully saturated rings. The standard InChI is InChI=1S/C13H20BFN2O3/c1-16-2-4-17(5-3-16)6-7-20-13-9-11(14(18)19)8-12(15)10-13/h8-10,18-19H,2-7H2,1H3. The number of rotatable bonds is 5. The van der Waals surface area contributed by atoms with Gasteiger partial charge in [-0.25, -0.2) is 4.39 Å². The molecule has 5 nitrogen and oxygen atoms in total. The maximum atomic E-state index is 13.3. The lowest BCUT2D eigenvalue weighted by molar-refractivity contribution is 0.133. The van der Waals surface area contributed by atoms with Gasteiger partial charge in [-0.3, -0.25) is 4.90 Å². The molecule has 0 spiro atoms. The molecule has 2 N–H and O–H groups in total. The molecule has 1 aliphatic heterocycles. The highest BCUT2D eigenvalue weighted by Gasteiger charge is 2.15. The van der Waals surface area contributed by atoms with Crippen LogP contribution in [0.2, 0.25) is 0 Å². The van der Waals surface area contributed by atoms with Crippen molar-refractivity contribution in [2.24, 2.45) is 0 Å². The number of nitrogens with zero attached hydrogens (tertiary/aromatic N) is 2. The molecule has 110 valence electrons. The number of piperazine rings is 1. The highest BCUT2D eigenvalue weighted by Crippen LogP contribution is 2.11. The fourth-order valence-corrected chi connectivity index (χ4v) is 2.18. The van der Waals surface area contributed by atoms with Gasteiger partial charge in [-0.1, -0.05) is 0 Å². The average molecular weight is 282 g/mol. The summed E-state index contributed by atoms with van der Waals surface area (Å²) in [5.41, 5.74) is 0.0968. The van der Waals surface area contributed by atoms with Crippen LogP contribution in [0.3, 0.4) is 0 Å². The Morgan fingerprint density at radius 1 is 1.20 bits per heavy atom. The van der Waals surface area contributed by atoms with E-state index in [2.05, 4.69) is 16.8 Å². The van der Waals surface area contributed by atoms with Crippen molar-refractivity contribution in [2.75, 3.05) is 46.4 Å². The number of ether oxygens (including phenoxy) is 1. The Bertz CT molecular complexity index is 440. The van der Waals surface area contributed by atoms with Crippen LogP contribution in [-0.2, 0) is 0 Å². The number of likely N-dealkylation sites (N-methyl/N-ethyl adjacent to an activating group) is 1. The van der Waals surface area contributed by atoms with Gasteiger partial charge in [0.1, 0.15) is 18.2 Å². The second-order valence-corrected chi connectivity index (χ2v) is 5.09. The molecule has 0 aliphatic carbocycles. The summed E-state index contributed by atoms with van der Waals surface area (Å²) in [5.74, 6) is -0.215. The van der Waals surface area contributed by atoms with Crippen LogP contribution in [0.15, 0.2) is 18.2 Å². The Labute approximate surface area is 118 Å². The summed E-state index contributed by atoms with van der Waals surface area (Å²) in [4.78, 5) is 4.57. The lowest BCUT2D eigenvalue weighted by Gasteiger charge is -2.32. The first kappa shape index (κ1) is 15.2. The Kier molecular flexibility index (Phi) is 5.36. The summed E-state index contributed by atoms with van der Waals surface area (Å²) in [6.07, 6.45) is 0. The predicted octanol–water partition coefficient (Wildman–Crippen LogP) is -0.868. The van der Waals surface area contributed by atoms with E-state index in [1.807, 2.05) is 0 Å². The Hall–Kier alpha value is -1.15. The molecule has 2 rings (SSSR count). The largest absolute Gasteiger partial charge is 0.492 e. The summed E-state index contributed by atoms with van der Waals surface area (Å²) in [5, 5.41) is 18.1. The molecule has 7 heteroatoms. The first-order valence-electron chi connectivity index (χ1n) is 6.75. The maximum absolute atomic E-state index is 13.3. The summed E-state index contributed by atoms with van der Waals surface area (Å²) >= 11 is 0. The zero-order valence-electron chi connectivity index (χ0n) is 11.6. The molecular weight excluding hydrogens is 262 g/mol. The highest BCUT2D eigenvalue weighted by atomic mass is 19.1. The molecule has 1 aliphatic rings. The van der Waals surface area contributed by atoms with Crippen molar-refractivity contribution in [1.29, 1.82) is 0 Å². The molecule has 0 unspecified atom stereocenters. The van der Waals surface area contributed by atoms with Gasteiger partial charge >= 0.3 is 7.12 Å². The molecule has 20 heavy (non-hydrogen) atoms. The van der Waals surface area contributed by atoms with Gasteiger partial charge in [0.05, 0.1) is 0 Å². The third-order valence-electron chi connectivity index (χ3n) is 3.46. The second-order valence-electron chi connectivity index (χ2n) is 5.09. The minimum Gasteiger partial charge on any atom is -0.492 e. The third kappa shape index (κ3) is 4.45. The number of halogens is 1. The van der Waals surface area contributed by atoms with Gasteiger partial charge in [0.25, 0.3) is 0 Å². The van der Waals surface area contributed by atoms with Crippen molar-refractivity contribution in [3.8, 4) is 5.75 Å².